The average molecular weight is 406 g/mol. The van der Waals surface area contributed by atoms with Gasteiger partial charge in [0.15, 0.2) is 0 Å². The quantitative estimate of drug-likeness (QED) is 0.758. The van der Waals surface area contributed by atoms with Crippen LogP contribution in [-0.4, -0.2) is 57.7 Å². The first-order valence-corrected chi connectivity index (χ1v) is 10.3. The summed E-state index contributed by atoms with van der Waals surface area (Å²) < 4.78 is 0. The highest BCUT2D eigenvalue weighted by molar-refractivity contribution is 6.31. The molecule has 3 heterocycles. The van der Waals surface area contributed by atoms with E-state index in [4.69, 9.17) is 16.6 Å². The number of amides is 2. The lowest BCUT2D eigenvalue weighted by atomic mass is 9.92. The van der Waals surface area contributed by atoms with E-state index in [1.54, 1.807) is 0 Å². The minimum atomic E-state index is -0.237. The molecule has 0 aliphatic carbocycles. The fourth-order valence-electron chi connectivity index (χ4n) is 3.99. The summed E-state index contributed by atoms with van der Waals surface area (Å²) in [6, 6.07) is 0.222. The number of urea groups is 1. The van der Waals surface area contributed by atoms with Gasteiger partial charge in [0.2, 0.25) is 0 Å². The number of carbonyl (C=O) groups excluding carboxylic acids is 1. The van der Waals surface area contributed by atoms with Gasteiger partial charge in [-0.1, -0.05) is 25.1 Å². The molecule has 0 spiro atoms. The van der Waals surface area contributed by atoms with E-state index in [9.17, 15) is 4.79 Å². The average Bonchev–Trinajstić information content (AvgIpc) is 3.01. The number of halogens is 1. The van der Waals surface area contributed by atoms with E-state index in [0.29, 0.717) is 10.9 Å². The molecule has 3 rings (SSSR count). The van der Waals surface area contributed by atoms with E-state index < -0.39 is 0 Å². The van der Waals surface area contributed by atoms with Crippen LogP contribution < -0.4 is 15.9 Å². The number of aliphatic imine (C=N–C) groups is 1. The first-order chi connectivity index (χ1) is 13.0. The minimum absolute atomic E-state index is 0.0121. The van der Waals surface area contributed by atoms with Crippen LogP contribution in [0.2, 0.25) is 5.02 Å². The van der Waals surface area contributed by atoms with Crippen LogP contribution in [0.4, 0.5) is 4.79 Å². The lowest BCUT2D eigenvalue weighted by molar-refractivity contribution is 0.0789. The van der Waals surface area contributed by atoms with E-state index in [1.807, 2.05) is 39.5 Å². The van der Waals surface area contributed by atoms with Crippen molar-refractivity contribution < 1.29 is 4.79 Å². The van der Waals surface area contributed by atoms with Crippen LogP contribution in [-0.2, 0) is 6.42 Å². The van der Waals surface area contributed by atoms with Crippen molar-refractivity contribution in [2.45, 2.75) is 59.5 Å². The second-order valence-corrected chi connectivity index (χ2v) is 9.45. The molecule has 28 heavy (non-hydrogen) atoms. The highest BCUT2D eigenvalue weighted by Gasteiger charge is 2.48. The summed E-state index contributed by atoms with van der Waals surface area (Å²) in [5.41, 5.74) is 1.71. The summed E-state index contributed by atoms with van der Waals surface area (Å²) in [5.74, 6) is 1.32. The van der Waals surface area contributed by atoms with Crippen molar-refractivity contribution in [3.63, 3.8) is 0 Å². The maximum atomic E-state index is 12.6. The number of H-pyrrole nitrogens is 1. The monoisotopic (exact) mass is 405 g/mol. The summed E-state index contributed by atoms with van der Waals surface area (Å²) in [7, 11) is 0. The number of likely N-dealkylation sites (tertiary alicyclic amines) is 2. The van der Waals surface area contributed by atoms with Gasteiger partial charge in [0, 0.05) is 47.8 Å². The number of fused-ring (bicyclic) bond motifs is 1. The molecule has 6 nitrogen and oxygen atoms in total. The van der Waals surface area contributed by atoms with E-state index >= 15 is 0 Å². The topological polar surface area (TPSA) is 63.7 Å². The minimum Gasteiger partial charge on any atom is -0.358 e. The molecule has 154 valence electrons. The van der Waals surface area contributed by atoms with Crippen molar-refractivity contribution in [3.8, 4) is 0 Å². The molecule has 7 heteroatoms. The molecule has 1 aromatic rings. The van der Waals surface area contributed by atoms with Gasteiger partial charge < -0.3 is 20.1 Å². The third kappa shape index (κ3) is 3.93. The van der Waals surface area contributed by atoms with Crippen LogP contribution in [0.15, 0.2) is 4.99 Å². The van der Waals surface area contributed by atoms with E-state index in [-0.39, 0.29) is 17.6 Å². The smallest absolute Gasteiger partial charge is 0.318 e. The summed E-state index contributed by atoms with van der Waals surface area (Å²) in [5, 5.41) is 5.45. The Labute approximate surface area is 172 Å². The van der Waals surface area contributed by atoms with Gasteiger partial charge in [-0.25, -0.2) is 9.79 Å². The zero-order valence-electron chi connectivity index (χ0n) is 17.8. The van der Waals surface area contributed by atoms with Gasteiger partial charge >= 0.3 is 6.03 Å². The van der Waals surface area contributed by atoms with Crippen LogP contribution in [0.3, 0.4) is 0 Å². The lowest BCUT2D eigenvalue weighted by Crippen LogP contribution is -2.62. The predicted molar refractivity (Wildman–Crippen MR) is 116 cm³/mol. The number of carbonyl (C=O) groups is 1. The maximum Gasteiger partial charge on any atom is 0.318 e. The molecule has 2 unspecified atom stereocenters. The van der Waals surface area contributed by atoms with Crippen LogP contribution in [0, 0.1) is 5.92 Å². The second kappa shape index (κ2) is 7.47. The first kappa shape index (κ1) is 20.8. The normalized spacial score (nSPS) is 22.5. The molecule has 2 fully saturated rings. The Bertz CT molecular complexity index is 906. The van der Waals surface area contributed by atoms with E-state index in [0.717, 1.165) is 53.8 Å². The predicted octanol–water partition coefficient (Wildman–Crippen LogP) is 2.31. The summed E-state index contributed by atoms with van der Waals surface area (Å²) in [6.07, 6.45) is 0.815. The lowest BCUT2D eigenvalue weighted by Gasteiger charge is -2.44. The molecular weight excluding hydrogens is 374 g/mol. The molecule has 2 amide bonds. The Morgan fingerprint density at radius 2 is 2.00 bits per heavy atom. The molecule has 2 N–H and O–H groups in total. The van der Waals surface area contributed by atoms with Crippen molar-refractivity contribution in [1.82, 2.24) is 20.1 Å². The van der Waals surface area contributed by atoms with Gasteiger partial charge in [-0.15, -0.1) is 0 Å². The standard InChI is InChI=1S/C21H32ClN5O/c1-8-15-18(22)17(13(4)24-15)19(23-12(2)3)26-9-14-10-27(16(14)11-26)20(28)25-21(5,6)7/h14,16,24H,4,8-11H2,1-3,5-7H3,(H,25,28)/b19-17-. The van der Waals surface area contributed by atoms with E-state index in [2.05, 4.69) is 28.7 Å². The van der Waals surface area contributed by atoms with Crippen molar-refractivity contribution >= 4 is 35.7 Å². The van der Waals surface area contributed by atoms with Crippen LogP contribution in [0.1, 0.15) is 47.2 Å². The summed E-state index contributed by atoms with van der Waals surface area (Å²) >= 11 is 6.66. The van der Waals surface area contributed by atoms with Crippen molar-refractivity contribution in [3.05, 3.63) is 21.3 Å². The van der Waals surface area contributed by atoms with E-state index in [1.165, 1.54) is 0 Å². The number of rotatable bonds is 3. The van der Waals surface area contributed by atoms with Crippen LogP contribution in [0.5, 0.6) is 0 Å². The fraction of sp³-hybridized carbons (Fsp3) is 0.619. The molecule has 0 aromatic carbocycles. The van der Waals surface area contributed by atoms with Crippen molar-refractivity contribution in [1.29, 1.82) is 0 Å². The fourth-order valence-corrected chi connectivity index (χ4v) is 4.37. The molecule has 0 saturated carbocycles. The summed E-state index contributed by atoms with van der Waals surface area (Å²) in [4.78, 5) is 24.9. The summed E-state index contributed by atoms with van der Waals surface area (Å²) in [6.45, 7) is 18.6. The number of aromatic nitrogens is 1. The van der Waals surface area contributed by atoms with Gasteiger partial charge in [-0.05, 0) is 41.0 Å². The number of aryl methyl sites for hydroxylation is 1. The molecular formula is C21H32ClN5O. The third-order valence-electron chi connectivity index (χ3n) is 5.28. The number of hydrogen-bond donors (Lipinski definition) is 2. The number of aromatic amines is 1. The molecule has 2 aliphatic heterocycles. The van der Waals surface area contributed by atoms with Crippen molar-refractivity contribution in [2.24, 2.45) is 10.9 Å². The zero-order chi connectivity index (χ0) is 20.8. The van der Waals surface area contributed by atoms with Crippen molar-refractivity contribution in [2.75, 3.05) is 19.6 Å². The van der Waals surface area contributed by atoms with Gasteiger partial charge in [-0.3, -0.25) is 0 Å². The molecule has 2 saturated heterocycles. The first-order valence-electron chi connectivity index (χ1n) is 9.97. The van der Waals surface area contributed by atoms with Gasteiger partial charge in [0.05, 0.1) is 16.3 Å². The molecule has 0 bridgehead atoms. The number of nitrogens with one attached hydrogen (secondary N) is 2. The maximum absolute atomic E-state index is 12.6. The number of nitrogens with zero attached hydrogens (tertiary/aromatic N) is 3. The van der Waals surface area contributed by atoms with Gasteiger partial charge in [-0.2, -0.15) is 0 Å². The van der Waals surface area contributed by atoms with Crippen LogP contribution >= 0.6 is 11.6 Å². The molecule has 2 aliphatic rings. The van der Waals surface area contributed by atoms with Gasteiger partial charge in [0.1, 0.15) is 5.82 Å². The third-order valence-corrected chi connectivity index (χ3v) is 5.69. The second-order valence-electron chi connectivity index (χ2n) is 9.07. The molecule has 0 radical (unpaired) electrons. The SMILES string of the molecule is C=c1[nH]c(CC)c(Cl)/c1=C(/N=C(C)C)N1CC2CN(C(=O)NC(C)(C)C)C2C1. The van der Waals surface area contributed by atoms with Crippen LogP contribution in [0.25, 0.3) is 12.4 Å². The van der Waals surface area contributed by atoms with Gasteiger partial charge in [0.25, 0.3) is 0 Å². The Balaban J connectivity index is 1.91. The Kier molecular flexibility index (Phi) is 5.54. The highest BCUT2D eigenvalue weighted by Crippen LogP contribution is 2.35. The molecule has 1 aromatic heterocycles. The zero-order valence-corrected chi connectivity index (χ0v) is 18.6. The Hall–Kier alpha value is -1.95. The Morgan fingerprint density at radius 3 is 2.54 bits per heavy atom. The highest BCUT2D eigenvalue weighted by atomic mass is 35.5. The number of hydrogen-bond acceptors (Lipinski definition) is 3. The Morgan fingerprint density at radius 1 is 1.32 bits per heavy atom. The molecule has 2 atom stereocenters. The largest absolute Gasteiger partial charge is 0.358 e.